The highest BCUT2D eigenvalue weighted by Crippen LogP contribution is 2.78. The molecule has 33 heavy (non-hydrogen) atoms. The van der Waals surface area contributed by atoms with E-state index in [1.54, 1.807) is 0 Å². The zero-order valence-electron chi connectivity index (χ0n) is 22.3. The lowest BCUT2D eigenvalue weighted by molar-refractivity contribution is -0.293. The maximum absolute atomic E-state index is 13.7. The van der Waals surface area contributed by atoms with Crippen LogP contribution < -0.4 is 0 Å². The lowest BCUT2D eigenvalue weighted by atomic mass is 9.30. The Bertz CT molecular complexity index is 876. The molecule has 0 aromatic carbocycles. The Morgan fingerprint density at radius 3 is 2.06 bits per heavy atom. The van der Waals surface area contributed by atoms with Crippen molar-refractivity contribution in [3.63, 3.8) is 0 Å². The topological polar surface area (TPSA) is 46.5 Å². The van der Waals surface area contributed by atoms with Gasteiger partial charge in [0, 0.05) is 5.41 Å². The number of rotatable bonds is 0. The minimum absolute atomic E-state index is 0.0339. The summed E-state index contributed by atoms with van der Waals surface area (Å²) in [7, 11) is 0. The fraction of sp³-hybridized carbons (Fsp3) is 0.967. The fourth-order valence-electron chi connectivity index (χ4n) is 11.9. The van der Waals surface area contributed by atoms with Crippen molar-refractivity contribution in [3.05, 3.63) is 0 Å². The predicted octanol–water partition coefficient (Wildman–Crippen LogP) is 6.76. The molecule has 7 rings (SSSR count). The van der Waals surface area contributed by atoms with E-state index >= 15 is 0 Å². The van der Waals surface area contributed by atoms with E-state index in [0.717, 1.165) is 25.7 Å². The summed E-state index contributed by atoms with van der Waals surface area (Å²) in [6, 6.07) is 0. The zero-order valence-corrected chi connectivity index (χ0v) is 22.3. The molecule has 2 aliphatic heterocycles. The summed E-state index contributed by atoms with van der Waals surface area (Å²) in [4.78, 5) is 13.7. The van der Waals surface area contributed by atoms with E-state index in [1.807, 2.05) is 0 Å². The number of esters is 1. The first kappa shape index (κ1) is 22.9. The number of fused-ring (bicyclic) bond motifs is 7. The van der Waals surface area contributed by atoms with Crippen LogP contribution in [-0.2, 0) is 9.53 Å². The predicted molar refractivity (Wildman–Crippen MR) is 130 cm³/mol. The van der Waals surface area contributed by atoms with Crippen molar-refractivity contribution in [2.24, 2.45) is 56.2 Å². The Morgan fingerprint density at radius 2 is 1.36 bits per heavy atom. The van der Waals surface area contributed by atoms with Crippen LogP contribution in [-0.4, -0.2) is 23.3 Å². The van der Waals surface area contributed by atoms with E-state index in [4.69, 9.17) is 4.74 Å². The first-order chi connectivity index (χ1) is 15.3. The van der Waals surface area contributed by atoms with Gasteiger partial charge in [0.1, 0.15) is 6.10 Å². The van der Waals surface area contributed by atoms with Crippen LogP contribution in [0.5, 0.6) is 0 Å². The van der Waals surface area contributed by atoms with Gasteiger partial charge in [0.2, 0.25) is 0 Å². The molecule has 3 heteroatoms. The van der Waals surface area contributed by atoms with Gasteiger partial charge in [-0.2, -0.15) is 0 Å². The molecule has 0 aromatic heterocycles. The van der Waals surface area contributed by atoms with Crippen LogP contribution >= 0.6 is 0 Å². The molecule has 1 N–H and O–H groups in total. The molecular weight excluding hydrogens is 408 g/mol. The standard InChI is InChI=1S/C30H48O3/c1-25(2)16-17-27(5)18(23(25)31)10-13-28(6)20(27)8-9-21-29(28,7)14-11-19-26(3,4)22-12-15-30(19,21)24(32)33-22/h18-23,31H,8-17H2,1-7H3/t18-,19-,20+,21-,22+,23-,27-,28+,29+,30-/m1/s1. The fourth-order valence-corrected chi connectivity index (χ4v) is 11.9. The number of ether oxygens (including phenoxy) is 1. The maximum Gasteiger partial charge on any atom is 0.312 e. The van der Waals surface area contributed by atoms with Crippen LogP contribution in [0.3, 0.4) is 0 Å². The molecule has 0 amide bonds. The lowest BCUT2D eigenvalue weighted by Crippen LogP contribution is -2.73. The van der Waals surface area contributed by atoms with Crippen molar-refractivity contribution in [3.8, 4) is 0 Å². The monoisotopic (exact) mass is 456 g/mol. The minimum Gasteiger partial charge on any atom is -0.461 e. The molecule has 2 saturated heterocycles. The molecule has 7 fully saturated rings. The minimum atomic E-state index is -0.259. The van der Waals surface area contributed by atoms with Crippen molar-refractivity contribution in [1.82, 2.24) is 0 Å². The molecule has 0 radical (unpaired) electrons. The van der Waals surface area contributed by atoms with Gasteiger partial charge in [-0.05, 0) is 110 Å². The molecule has 186 valence electrons. The van der Waals surface area contributed by atoms with Gasteiger partial charge in [-0.3, -0.25) is 4.79 Å². The number of hydrogen-bond acceptors (Lipinski definition) is 3. The van der Waals surface area contributed by atoms with Crippen molar-refractivity contribution < 1.29 is 14.6 Å². The molecule has 10 atom stereocenters. The molecule has 3 nitrogen and oxygen atoms in total. The smallest absolute Gasteiger partial charge is 0.312 e. The Morgan fingerprint density at radius 1 is 0.727 bits per heavy atom. The lowest BCUT2D eigenvalue weighted by Gasteiger charge is -2.75. The van der Waals surface area contributed by atoms with Gasteiger partial charge in [0.05, 0.1) is 11.5 Å². The molecule has 0 aromatic rings. The first-order valence-electron chi connectivity index (χ1n) is 14.1. The highest BCUT2D eigenvalue weighted by Gasteiger charge is 2.75. The van der Waals surface area contributed by atoms with Gasteiger partial charge in [-0.15, -0.1) is 0 Å². The SMILES string of the molecule is CC1(C)CC[C@]2(C)[C@H](CC[C@@]3(C)[C@H]2CC[C@H]2[C@]45CC[C@H](OC4=O)C(C)(C)[C@H]5CC[C@@]23C)[C@H]1O. The van der Waals surface area contributed by atoms with Gasteiger partial charge in [-0.25, -0.2) is 0 Å². The second kappa shape index (κ2) is 6.40. The molecule has 1 spiro atoms. The highest BCUT2D eigenvalue weighted by molar-refractivity contribution is 5.80. The van der Waals surface area contributed by atoms with Crippen LogP contribution in [0.4, 0.5) is 0 Å². The molecule has 0 unspecified atom stereocenters. The van der Waals surface area contributed by atoms with Crippen LogP contribution in [0, 0.1) is 56.2 Å². The van der Waals surface area contributed by atoms with Crippen molar-refractivity contribution >= 4 is 5.97 Å². The van der Waals surface area contributed by atoms with Crippen molar-refractivity contribution in [2.75, 3.05) is 0 Å². The van der Waals surface area contributed by atoms with E-state index in [9.17, 15) is 9.90 Å². The third-order valence-electron chi connectivity index (χ3n) is 14.1. The summed E-state index contributed by atoms with van der Waals surface area (Å²) in [6.07, 6.45) is 11.6. The largest absolute Gasteiger partial charge is 0.461 e. The van der Waals surface area contributed by atoms with E-state index in [-0.39, 0.29) is 50.7 Å². The zero-order chi connectivity index (χ0) is 23.8. The van der Waals surface area contributed by atoms with Crippen LogP contribution in [0.2, 0.25) is 0 Å². The normalized spacial score (nSPS) is 58.4. The summed E-state index contributed by atoms with van der Waals surface area (Å²) >= 11 is 0. The number of carbonyl (C=O) groups is 1. The number of aliphatic hydroxyl groups excluding tert-OH is 1. The van der Waals surface area contributed by atoms with E-state index in [2.05, 4.69) is 48.5 Å². The van der Waals surface area contributed by atoms with Crippen LogP contribution in [0.15, 0.2) is 0 Å². The number of aliphatic hydroxyl groups is 1. The molecule has 5 aliphatic carbocycles. The van der Waals surface area contributed by atoms with Crippen molar-refractivity contribution in [2.45, 2.75) is 125 Å². The van der Waals surface area contributed by atoms with Crippen LogP contribution in [0.25, 0.3) is 0 Å². The van der Waals surface area contributed by atoms with Gasteiger partial charge in [-0.1, -0.05) is 48.5 Å². The summed E-state index contributed by atoms with van der Waals surface area (Å²) < 4.78 is 6.19. The Labute approximate surface area is 201 Å². The second-order valence-electron chi connectivity index (χ2n) is 15.5. The van der Waals surface area contributed by atoms with E-state index in [1.165, 1.54) is 38.5 Å². The van der Waals surface area contributed by atoms with Crippen LogP contribution in [0.1, 0.15) is 113 Å². The number of hydrogen-bond donors (Lipinski definition) is 1. The molecule has 7 aliphatic rings. The third kappa shape index (κ3) is 2.40. The molecule has 5 saturated carbocycles. The van der Waals surface area contributed by atoms with Gasteiger partial charge in [0.25, 0.3) is 0 Å². The summed E-state index contributed by atoms with van der Waals surface area (Å²) in [5, 5.41) is 11.4. The summed E-state index contributed by atoms with van der Waals surface area (Å²) in [5.74, 6) is 2.15. The average molecular weight is 457 g/mol. The van der Waals surface area contributed by atoms with Gasteiger partial charge < -0.3 is 9.84 Å². The first-order valence-corrected chi connectivity index (χ1v) is 14.1. The molecular formula is C30H48O3. The van der Waals surface area contributed by atoms with Gasteiger partial charge in [0.15, 0.2) is 0 Å². The van der Waals surface area contributed by atoms with Crippen molar-refractivity contribution in [1.29, 1.82) is 0 Å². The molecule has 2 bridgehead atoms. The quantitative estimate of drug-likeness (QED) is 0.409. The molecule has 2 heterocycles. The Kier molecular flexibility index (Phi) is 4.44. The Balaban J connectivity index is 1.42. The van der Waals surface area contributed by atoms with Gasteiger partial charge >= 0.3 is 5.97 Å². The summed E-state index contributed by atoms with van der Waals surface area (Å²) in [5.41, 5.74) is 0.512. The Hall–Kier alpha value is -0.570. The highest BCUT2D eigenvalue weighted by atomic mass is 16.5. The van der Waals surface area contributed by atoms with E-state index < -0.39 is 0 Å². The number of carbonyl (C=O) groups excluding carboxylic acids is 1. The van der Waals surface area contributed by atoms with E-state index in [0.29, 0.717) is 23.7 Å². The second-order valence-corrected chi connectivity index (χ2v) is 15.5. The maximum atomic E-state index is 13.7. The summed E-state index contributed by atoms with van der Waals surface area (Å²) in [6.45, 7) is 17.1. The third-order valence-corrected chi connectivity index (χ3v) is 14.1. The average Bonchev–Trinajstić information content (AvgIpc) is 2.73.